The summed E-state index contributed by atoms with van der Waals surface area (Å²) < 4.78 is 36.1. The van der Waals surface area contributed by atoms with Crippen molar-refractivity contribution in [3.8, 4) is 0 Å². The van der Waals surface area contributed by atoms with E-state index in [0.29, 0.717) is 18.9 Å². The number of nitrogens with one attached hydrogen (secondary N) is 1. The lowest BCUT2D eigenvalue weighted by Crippen LogP contribution is -2.49. The highest BCUT2D eigenvalue weighted by Crippen LogP contribution is 2.32. The Bertz CT molecular complexity index is 308. The summed E-state index contributed by atoms with van der Waals surface area (Å²) in [6, 6.07) is 0.442. The number of halogens is 3. The molecular formula is C13H23F3N2O. The average Bonchev–Trinajstić information content (AvgIpc) is 2.27. The number of rotatable bonds is 4. The molecule has 1 N–H and O–H groups in total. The third-order valence-corrected chi connectivity index (χ3v) is 3.87. The molecule has 0 saturated carbocycles. The third kappa shape index (κ3) is 5.01. The van der Waals surface area contributed by atoms with Crippen LogP contribution in [0.3, 0.4) is 0 Å². The first kappa shape index (κ1) is 16.3. The van der Waals surface area contributed by atoms with E-state index in [9.17, 15) is 18.0 Å². The van der Waals surface area contributed by atoms with Gasteiger partial charge < -0.3 is 10.2 Å². The Morgan fingerprint density at radius 1 is 1.32 bits per heavy atom. The van der Waals surface area contributed by atoms with Crippen LogP contribution in [0.4, 0.5) is 13.2 Å². The molecule has 1 aliphatic rings. The first-order valence-electron chi connectivity index (χ1n) is 6.73. The highest BCUT2D eigenvalue weighted by atomic mass is 19.4. The lowest BCUT2D eigenvalue weighted by molar-refractivity contribution is -0.139. The maximum Gasteiger partial charge on any atom is 0.390 e. The minimum absolute atomic E-state index is 0.250. The van der Waals surface area contributed by atoms with Crippen LogP contribution in [0.2, 0.25) is 0 Å². The van der Waals surface area contributed by atoms with Crippen molar-refractivity contribution in [3.05, 3.63) is 0 Å². The van der Waals surface area contributed by atoms with Gasteiger partial charge in [-0.05, 0) is 39.8 Å². The SMILES string of the molecule is CC(C)N1CCC(C)(C(=O)NCCC(F)(F)F)CC1. The second-order valence-electron chi connectivity index (χ2n) is 5.81. The summed E-state index contributed by atoms with van der Waals surface area (Å²) in [5.74, 6) is -0.250. The molecule has 1 amide bonds. The maximum atomic E-state index is 12.0. The van der Waals surface area contributed by atoms with E-state index in [1.165, 1.54) is 0 Å². The van der Waals surface area contributed by atoms with Gasteiger partial charge >= 0.3 is 6.18 Å². The fraction of sp³-hybridized carbons (Fsp3) is 0.923. The number of likely N-dealkylation sites (tertiary alicyclic amines) is 1. The number of hydrogen-bond acceptors (Lipinski definition) is 2. The molecule has 3 nitrogen and oxygen atoms in total. The molecule has 0 aromatic carbocycles. The van der Waals surface area contributed by atoms with Crippen LogP contribution in [0.25, 0.3) is 0 Å². The Labute approximate surface area is 112 Å². The van der Waals surface area contributed by atoms with Crippen molar-refractivity contribution in [1.82, 2.24) is 10.2 Å². The van der Waals surface area contributed by atoms with E-state index in [1.807, 2.05) is 6.92 Å². The van der Waals surface area contributed by atoms with Crippen LogP contribution in [0.5, 0.6) is 0 Å². The summed E-state index contributed by atoms with van der Waals surface area (Å²) >= 11 is 0. The minimum Gasteiger partial charge on any atom is -0.355 e. The van der Waals surface area contributed by atoms with Gasteiger partial charge in [0.1, 0.15) is 0 Å². The minimum atomic E-state index is -4.21. The predicted octanol–water partition coefficient (Wildman–Crippen LogP) is 2.57. The lowest BCUT2D eigenvalue weighted by atomic mass is 9.79. The van der Waals surface area contributed by atoms with Gasteiger partial charge in [-0.1, -0.05) is 6.92 Å². The molecule has 1 fully saturated rings. The summed E-state index contributed by atoms with van der Waals surface area (Å²) in [6.07, 6.45) is -3.78. The first-order valence-corrected chi connectivity index (χ1v) is 6.73. The lowest BCUT2D eigenvalue weighted by Gasteiger charge is -2.40. The van der Waals surface area contributed by atoms with Crippen LogP contribution in [0.15, 0.2) is 0 Å². The Balaban J connectivity index is 2.40. The van der Waals surface area contributed by atoms with Gasteiger partial charge in [0.25, 0.3) is 0 Å². The Kier molecular flexibility index (Phi) is 5.24. The summed E-state index contributed by atoms with van der Waals surface area (Å²) in [7, 11) is 0. The number of alkyl halides is 3. The molecule has 1 rings (SSSR count). The summed E-state index contributed by atoms with van der Waals surface area (Å²) in [6.45, 7) is 7.36. The van der Waals surface area contributed by atoms with Gasteiger partial charge in [0.15, 0.2) is 0 Å². The standard InChI is InChI=1S/C13H23F3N2O/c1-10(2)18-8-5-12(3,6-9-18)11(19)17-7-4-13(14,15)16/h10H,4-9H2,1-3H3,(H,17,19). The number of hydrogen-bond donors (Lipinski definition) is 1. The number of carbonyl (C=O) groups is 1. The van der Waals surface area contributed by atoms with Crippen molar-refractivity contribution >= 4 is 5.91 Å². The molecule has 0 spiro atoms. The average molecular weight is 280 g/mol. The van der Waals surface area contributed by atoms with Crippen LogP contribution in [0, 0.1) is 5.41 Å². The quantitative estimate of drug-likeness (QED) is 0.858. The zero-order valence-electron chi connectivity index (χ0n) is 11.8. The second-order valence-corrected chi connectivity index (χ2v) is 5.81. The second kappa shape index (κ2) is 6.11. The molecule has 112 valence electrons. The zero-order chi connectivity index (χ0) is 14.7. The van der Waals surface area contributed by atoms with Gasteiger partial charge in [0.05, 0.1) is 6.42 Å². The molecule has 1 saturated heterocycles. The molecule has 1 heterocycles. The molecule has 0 atom stereocenters. The van der Waals surface area contributed by atoms with E-state index in [2.05, 4.69) is 24.1 Å². The molecule has 0 aliphatic carbocycles. The maximum absolute atomic E-state index is 12.0. The molecule has 0 unspecified atom stereocenters. The van der Waals surface area contributed by atoms with E-state index < -0.39 is 18.0 Å². The number of carbonyl (C=O) groups excluding carboxylic acids is 1. The Morgan fingerprint density at radius 3 is 2.26 bits per heavy atom. The van der Waals surface area contributed by atoms with Gasteiger partial charge in [-0.3, -0.25) is 4.79 Å². The van der Waals surface area contributed by atoms with Crippen molar-refractivity contribution in [2.24, 2.45) is 5.41 Å². The topological polar surface area (TPSA) is 32.3 Å². The predicted molar refractivity (Wildman–Crippen MR) is 67.7 cm³/mol. The van der Waals surface area contributed by atoms with E-state index in [4.69, 9.17) is 0 Å². The Hall–Kier alpha value is -0.780. The fourth-order valence-corrected chi connectivity index (χ4v) is 2.29. The van der Waals surface area contributed by atoms with Crippen LogP contribution < -0.4 is 5.32 Å². The van der Waals surface area contributed by atoms with E-state index in [0.717, 1.165) is 13.1 Å². The first-order chi connectivity index (χ1) is 8.64. The molecule has 6 heteroatoms. The summed E-state index contributed by atoms with van der Waals surface area (Å²) in [5.41, 5.74) is -0.531. The number of piperidine rings is 1. The van der Waals surface area contributed by atoms with E-state index in [1.54, 1.807) is 0 Å². The number of nitrogens with zero attached hydrogens (tertiary/aromatic N) is 1. The van der Waals surface area contributed by atoms with E-state index in [-0.39, 0.29) is 12.5 Å². The van der Waals surface area contributed by atoms with Gasteiger partial charge in [0.2, 0.25) is 5.91 Å². The highest BCUT2D eigenvalue weighted by Gasteiger charge is 2.37. The van der Waals surface area contributed by atoms with Crippen LogP contribution in [0.1, 0.15) is 40.0 Å². The zero-order valence-corrected chi connectivity index (χ0v) is 11.8. The van der Waals surface area contributed by atoms with Gasteiger partial charge in [-0.25, -0.2) is 0 Å². The molecule has 0 aromatic rings. The van der Waals surface area contributed by atoms with Gasteiger partial charge in [0, 0.05) is 18.0 Å². The monoisotopic (exact) mass is 280 g/mol. The van der Waals surface area contributed by atoms with Crippen LogP contribution >= 0.6 is 0 Å². The van der Waals surface area contributed by atoms with Gasteiger partial charge in [-0.2, -0.15) is 13.2 Å². The largest absolute Gasteiger partial charge is 0.390 e. The molecule has 19 heavy (non-hydrogen) atoms. The normalized spacial score (nSPS) is 20.6. The molecule has 0 radical (unpaired) electrons. The Morgan fingerprint density at radius 2 is 1.84 bits per heavy atom. The summed E-state index contributed by atoms with van der Waals surface area (Å²) in [5, 5.41) is 2.42. The van der Waals surface area contributed by atoms with Crippen molar-refractivity contribution in [2.75, 3.05) is 19.6 Å². The summed E-state index contributed by atoms with van der Waals surface area (Å²) in [4.78, 5) is 14.3. The third-order valence-electron chi connectivity index (χ3n) is 3.87. The van der Waals surface area contributed by atoms with Crippen LogP contribution in [-0.2, 0) is 4.79 Å². The molecule has 0 aromatic heterocycles. The smallest absolute Gasteiger partial charge is 0.355 e. The molecular weight excluding hydrogens is 257 g/mol. The molecule has 0 bridgehead atoms. The van der Waals surface area contributed by atoms with E-state index >= 15 is 0 Å². The highest BCUT2D eigenvalue weighted by molar-refractivity contribution is 5.82. The van der Waals surface area contributed by atoms with Gasteiger partial charge in [-0.15, -0.1) is 0 Å². The fourth-order valence-electron chi connectivity index (χ4n) is 2.29. The van der Waals surface area contributed by atoms with Crippen molar-refractivity contribution < 1.29 is 18.0 Å². The van der Waals surface area contributed by atoms with Crippen molar-refractivity contribution in [1.29, 1.82) is 0 Å². The van der Waals surface area contributed by atoms with Crippen LogP contribution in [-0.4, -0.2) is 42.7 Å². The van der Waals surface area contributed by atoms with Crippen molar-refractivity contribution in [2.45, 2.75) is 52.3 Å². The number of amides is 1. The molecule has 1 aliphatic heterocycles. The van der Waals surface area contributed by atoms with Crippen molar-refractivity contribution in [3.63, 3.8) is 0 Å².